The number of hydrogen-bond acceptors (Lipinski definition) is 8. The van der Waals surface area contributed by atoms with E-state index >= 15 is 0 Å². The molecule has 0 amide bonds. The van der Waals surface area contributed by atoms with Crippen LogP contribution in [0, 0.1) is 0 Å². The van der Waals surface area contributed by atoms with Crippen LogP contribution in [0.15, 0.2) is 58.8 Å². The molecule has 0 N–H and O–H groups in total. The molecule has 0 saturated heterocycles. The molecule has 0 aliphatic rings. The van der Waals surface area contributed by atoms with E-state index < -0.39 is 5.97 Å². The van der Waals surface area contributed by atoms with Crippen molar-refractivity contribution in [1.29, 1.82) is 0 Å². The highest BCUT2D eigenvalue weighted by Gasteiger charge is 2.17. The molecule has 0 atom stereocenters. The van der Waals surface area contributed by atoms with Gasteiger partial charge >= 0.3 is 0 Å². The molecule has 0 radical (unpaired) electrons. The number of ether oxygens (including phenoxy) is 1. The number of methoxy groups -OCH3 is 1. The second-order valence-corrected chi connectivity index (χ2v) is 7.15. The van der Waals surface area contributed by atoms with E-state index in [2.05, 4.69) is 15.3 Å². The highest BCUT2D eigenvalue weighted by molar-refractivity contribution is 7.99. The summed E-state index contributed by atoms with van der Waals surface area (Å²) in [7, 11) is 5.52. The van der Waals surface area contributed by atoms with E-state index in [1.165, 1.54) is 4.68 Å². The van der Waals surface area contributed by atoms with Crippen LogP contribution in [-0.2, 0) is 4.79 Å². The topological polar surface area (TPSA) is 95.7 Å². The largest absolute Gasteiger partial charge is 0.549 e. The van der Waals surface area contributed by atoms with E-state index in [0.717, 1.165) is 23.0 Å². The standard InChI is InChI=1S/C20H21N5O3S/c1-24(2)15-10-8-14(9-11-15)12-21-25-19(16-6-4-5-7-17(16)28-3)22-23-20(25)29-13-18(26)27/h4-12H,13H2,1-3H3,(H,26,27)/p-1/b21-12-. The third-order valence-corrected chi connectivity index (χ3v) is 4.90. The second-order valence-electron chi connectivity index (χ2n) is 6.21. The van der Waals surface area contributed by atoms with E-state index in [1.54, 1.807) is 13.3 Å². The smallest absolute Gasteiger partial charge is 0.212 e. The molecule has 0 aliphatic carbocycles. The highest BCUT2D eigenvalue weighted by Crippen LogP contribution is 2.30. The first-order valence-corrected chi connectivity index (χ1v) is 9.71. The Morgan fingerprint density at radius 3 is 2.59 bits per heavy atom. The molecular formula is C20H20N5O3S-. The minimum absolute atomic E-state index is 0.253. The van der Waals surface area contributed by atoms with E-state index in [-0.39, 0.29) is 5.75 Å². The van der Waals surface area contributed by atoms with Crippen molar-refractivity contribution < 1.29 is 14.6 Å². The Kier molecular flexibility index (Phi) is 6.50. The first-order chi connectivity index (χ1) is 14.0. The molecule has 3 aromatic rings. The summed E-state index contributed by atoms with van der Waals surface area (Å²) in [6, 6.07) is 15.2. The summed E-state index contributed by atoms with van der Waals surface area (Å²) in [5, 5.41) is 24.0. The molecule has 0 saturated carbocycles. The van der Waals surface area contributed by atoms with Gasteiger partial charge in [0.1, 0.15) is 5.75 Å². The fourth-order valence-electron chi connectivity index (χ4n) is 2.56. The second kappa shape index (κ2) is 9.24. The van der Waals surface area contributed by atoms with E-state index in [4.69, 9.17) is 4.74 Å². The van der Waals surface area contributed by atoms with Crippen LogP contribution >= 0.6 is 11.8 Å². The van der Waals surface area contributed by atoms with Crippen molar-refractivity contribution >= 4 is 29.6 Å². The van der Waals surface area contributed by atoms with Gasteiger partial charge < -0.3 is 19.5 Å². The van der Waals surface area contributed by atoms with Crippen molar-refractivity contribution in [3.8, 4) is 17.1 Å². The van der Waals surface area contributed by atoms with Gasteiger partial charge in [-0.3, -0.25) is 0 Å². The Hall–Kier alpha value is -3.33. The number of nitrogens with zero attached hydrogens (tertiary/aromatic N) is 5. The van der Waals surface area contributed by atoms with Gasteiger partial charge in [-0.1, -0.05) is 36.0 Å². The van der Waals surface area contributed by atoms with E-state index in [1.807, 2.05) is 67.5 Å². The first kappa shape index (κ1) is 20.4. The zero-order chi connectivity index (χ0) is 20.8. The molecule has 2 aromatic carbocycles. The Balaban J connectivity index is 1.99. The van der Waals surface area contributed by atoms with Gasteiger partial charge in [0.25, 0.3) is 0 Å². The molecule has 0 unspecified atom stereocenters. The molecule has 1 aromatic heterocycles. The number of aliphatic carboxylic acids is 1. The molecule has 8 nitrogen and oxygen atoms in total. The predicted molar refractivity (Wildman–Crippen MR) is 112 cm³/mol. The van der Waals surface area contributed by atoms with Crippen LogP contribution in [0.5, 0.6) is 5.75 Å². The number of hydrogen-bond donors (Lipinski definition) is 0. The van der Waals surface area contributed by atoms with Crippen molar-refractivity contribution in [2.75, 3.05) is 31.9 Å². The lowest BCUT2D eigenvalue weighted by Gasteiger charge is -2.11. The van der Waals surface area contributed by atoms with Gasteiger partial charge in [-0.2, -0.15) is 9.78 Å². The Morgan fingerprint density at radius 1 is 1.21 bits per heavy atom. The number of carbonyl (C=O) groups is 1. The van der Waals surface area contributed by atoms with Gasteiger partial charge in [0.05, 0.1) is 24.9 Å². The minimum Gasteiger partial charge on any atom is -0.549 e. The lowest BCUT2D eigenvalue weighted by atomic mass is 10.2. The lowest BCUT2D eigenvalue weighted by molar-refractivity contribution is -0.301. The van der Waals surface area contributed by atoms with Crippen LogP contribution in [0.25, 0.3) is 11.4 Å². The summed E-state index contributed by atoms with van der Waals surface area (Å²) in [5.74, 6) is -0.379. The molecular weight excluding hydrogens is 390 g/mol. The van der Waals surface area contributed by atoms with Gasteiger partial charge in [-0.05, 0) is 29.8 Å². The van der Waals surface area contributed by atoms with Gasteiger partial charge in [0.2, 0.25) is 5.16 Å². The van der Waals surface area contributed by atoms with Gasteiger partial charge in [0, 0.05) is 25.5 Å². The fraction of sp³-hybridized carbons (Fsp3) is 0.200. The number of para-hydroxylation sites is 1. The van der Waals surface area contributed by atoms with Crippen molar-refractivity contribution in [1.82, 2.24) is 14.9 Å². The number of carboxylic acids is 1. The van der Waals surface area contributed by atoms with Gasteiger partial charge in [-0.25, -0.2) is 0 Å². The Labute approximate surface area is 172 Å². The zero-order valence-electron chi connectivity index (χ0n) is 16.3. The third kappa shape index (κ3) is 4.94. The molecule has 3 rings (SSSR count). The number of anilines is 1. The molecule has 0 bridgehead atoms. The highest BCUT2D eigenvalue weighted by atomic mass is 32.2. The minimum atomic E-state index is -1.19. The monoisotopic (exact) mass is 410 g/mol. The number of rotatable bonds is 8. The summed E-state index contributed by atoms with van der Waals surface area (Å²) in [6.45, 7) is 0. The summed E-state index contributed by atoms with van der Waals surface area (Å²) in [6.07, 6.45) is 1.67. The number of aromatic nitrogens is 3. The average molecular weight is 410 g/mol. The van der Waals surface area contributed by atoms with Crippen LogP contribution in [0.1, 0.15) is 5.56 Å². The van der Waals surface area contributed by atoms with Crippen molar-refractivity contribution in [2.45, 2.75) is 5.16 Å². The summed E-state index contributed by atoms with van der Waals surface area (Å²) in [5.41, 5.74) is 2.65. The zero-order valence-corrected chi connectivity index (χ0v) is 17.1. The molecule has 0 fully saturated rings. The number of thioether (sulfide) groups is 1. The quantitative estimate of drug-likeness (QED) is 0.412. The SMILES string of the molecule is COc1ccccc1-c1nnc(SCC(=O)[O-])n1/N=C\c1ccc(N(C)C)cc1. The third-order valence-electron chi connectivity index (χ3n) is 4.01. The first-order valence-electron chi connectivity index (χ1n) is 8.73. The van der Waals surface area contributed by atoms with Crippen LogP contribution < -0.4 is 14.7 Å². The molecule has 150 valence electrons. The van der Waals surface area contributed by atoms with Crippen molar-refractivity contribution in [3.63, 3.8) is 0 Å². The van der Waals surface area contributed by atoms with Crippen molar-refractivity contribution in [2.24, 2.45) is 5.10 Å². The van der Waals surface area contributed by atoms with E-state index in [9.17, 15) is 9.90 Å². The maximum absolute atomic E-state index is 10.9. The summed E-state index contributed by atoms with van der Waals surface area (Å²) in [4.78, 5) is 12.9. The average Bonchev–Trinajstić information content (AvgIpc) is 3.13. The molecule has 29 heavy (non-hydrogen) atoms. The van der Waals surface area contributed by atoms with Gasteiger partial charge in [0.15, 0.2) is 5.82 Å². The van der Waals surface area contributed by atoms with Crippen LogP contribution in [-0.4, -0.2) is 54.0 Å². The van der Waals surface area contributed by atoms with Gasteiger partial charge in [-0.15, -0.1) is 10.2 Å². The van der Waals surface area contributed by atoms with E-state index in [0.29, 0.717) is 22.3 Å². The fourth-order valence-corrected chi connectivity index (χ4v) is 3.16. The normalized spacial score (nSPS) is 11.0. The Bertz CT molecular complexity index is 1020. The predicted octanol–water partition coefficient (Wildman–Crippen LogP) is 1.74. The maximum atomic E-state index is 10.9. The Morgan fingerprint density at radius 2 is 1.93 bits per heavy atom. The molecule has 0 aliphatic heterocycles. The van der Waals surface area contributed by atoms with Crippen LogP contribution in [0.4, 0.5) is 5.69 Å². The van der Waals surface area contributed by atoms with Crippen molar-refractivity contribution in [3.05, 3.63) is 54.1 Å². The number of benzene rings is 2. The summed E-state index contributed by atoms with van der Waals surface area (Å²) < 4.78 is 6.92. The number of carbonyl (C=O) groups excluding carboxylic acids is 1. The lowest BCUT2D eigenvalue weighted by Crippen LogP contribution is -2.24. The summed E-state index contributed by atoms with van der Waals surface area (Å²) >= 11 is 0.992. The van der Waals surface area contributed by atoms with Crippen LogP contribution in [0.2, 0.25) is 0 Å². The number of carboxylic acid groups (broad SMARTS) is 1. The van der Waals surface area contributed by atoms with Crippen LogP contribution in [0.3, 0.4) is 0 Å². The molecule has 9 heteroatoms. The maximum Gasteiger partial charge on any atom is 0.212 e. The molecule has 1 heterocycles. The molecule has 0 spiro atoms.